The van der Waals surface area contributed by atoms with Gasteiger partial charge >= 0.3 is 0 Å². The predicted molar refractivity (Wildman–Crippen MR) is 95.6 cm³/mol. The molecule has 1 aromatic heterocycles. The monoisotopic (exact) mass is 352 g/mol. The highest BCUT2D eigenvalue weighted by Gasteiger charge is 2.16. The summed E-state index contributed by atoms with van der Waals surface area (Å²) >= 11 is 0. The summed E-state index contributed by atoms with van der Waals surface area (Å²) in [6, 6.07) is 17.6. The standard InChI is InChI=1S/C19H16N2O3S/c20-9-10-21-19-12-15(6-7-18(19)16-8-11-24-13-16)14-25(22,23)17-4-2-1-3-5-17/h1-8,11-13,21H,10,14H2. The van der Waals surface area contributed by atoms with Crippen molar-refractivity contribution in [1.29, 1.82) is 5.26 Å². The Balaban J connectivity index is 1.94. The van der Waals surface area contributed by atoms with Crippen molar-refractivity contribution in [2.75, 3.05) is 11.9 Å². The molecule has 3 aromatic rings. The number of anilines is 1. The molecule has 0 spiro atoms. The van der Waals surface area contributed by atoms with Crippen LogP contribution in [0.1, 0.15) is 5.56 Å². The van der Waals surface area contributed by atoms with Crippen LogP contribution in [-0.4, -0.2) is 15.0 Å². The average Bonchev–Trinajstić information content (AvgIpc) is 3.15. The van der Waals surface area contributed by atoms with Gasteiger partial charge in [-0.15, -0.1) is 0 Å². The first kappa shape index (κ1) is 16.8. The van der Waals surface area contributed by atoms with Gasteiger partial charge < -0.3 is 9.73 Å². The van der Waals surface area contributed by atoms with E-state index in [1.165, 1.54) is 0 Å². The van der Waals surface area contributed by atoms with Crippen molar-refractivity contribution >= 4 is 15.5 Å². The van der Waals surface area contributed by atoms with Crippen molar-refractivity contribution in [3.8, 4) is 17.2 Å². The van der Waals surface area contributed by atoms with Crippen molar-refractivity contribution in [3.05, 3.63) is 72.7 Å². The maximum atomic E-state index is 12.6. The minimum atomic E-state index is -3.43. The molecule has 0 atom stereocenters. The number of nitriles is 1. The van der Waals surface area contributed by atoms with Gasteiger partial charge in [0.25, 0.3) is 0 Å². The lowest BCUT2D eigenvalue weighted by molar-refractivity contribution is 0.568. The van der Waals surface area contributed by atoms with Crippen LogP contribution in [0.3, 0.4) is 0 Å². The Labute approximate surface area is 146 Å². The van der Waals surface area contributed by atoms with Crippen molar-refractivity contribution < 1.29 is 12.8 Å². The van der Waals surface area contributed by atoms with Crippen LogP contribution >= 0.6 is 0 Å². The minimum Gasteiger partial charge on any atom is -0.472 e. The number of hydrogen-bond donors (Lipinski definition) is 1. The summed E-state index contributed by atoms with van der Waals surface area (Å²) in [4.78, 5) is 0.292. The number of furan rings is 1. The van der Waals surface area contributed by atoms with Gasteiger partial charge in [0.05, 0.1) is 29.2 Å². The van der Waals surface area contributed by atoms with E-state index in [-0.39, 0.29) is 12.3 Å². The van der Waals surface area contributed by atoms with E-state index >= 15 is 0 Å². The number of benzene rings is 2. The van der Waals surface area contributed by atoms with Crippen LogP contribution in [0.2, 0.25) is 0 Å². The van der Waals surface area contributed by atoms with E-state index in [0.717, 1.165) is 11.1 Å². The predicted octanol–water partition coefficient (Wildman–Crippen LogP) is 3.86. The van der Waals surface area contributed by atoms with Gasteiger partial charge in [0.1, 0.15) is 6.54 Å². The molecule has 0 unspecified atom stereocenters. The molecule has 0 fully saturated rings. The second-order valence-corrected chi connectivity index (χ2v) is 7.47. The molecule has 126 valence electrons. The molecule has 25 heavy (non-hydrogen) atoms. The first-order valence-electron chi connectivity index (χ1n) is 7.64. The lowest BCUT2D eigenvalue weighted by Crippen LogP contribution is -2.06. The third-order valence-corrected chi connectivity index (χ3v) is 5.44. The molecule has 1 N–H and O–H groups in total. The zero-order valence-electron chi connectivity index (χ0n) is 13.3. The first-order chi connectivity index (χ1) is 12.1. The molecule has 0 radical (unpaired) electrons. The fraction of sp³-hybridized carbons (Fsp3) is 0.105. The molecular weight excluding hydrogens is 336 g/mol. The van der Waals surface area contributed by atoms with Crippen molar-refractivity contribution in [3.63, 3.8) is 0 Å². The molecule has 0 aliphatic heterocycles. The summed E-state index contributed by atoms with van der Waals surface area (Å²) in [5.74, 6) is -0.107. The summed E-state index contributed by atoms with van der Waals surface area (Å²) in [7, 11) is -3.43. The third-order valence-electron chi connectivity index (χ3n) is 3.73. The van der Waals surface area contributed by atoms with Gasteiger partial charge in [-0.3, -0.25) is 0 Å². The second-order valence-electron chi connectivity index (χ2n) is 5.48. The van der Waals surface area contributed by atoms with Gasteiger partial charge in [-0.25, -0.2) is 8.42 Å². The Morgan fingerprint density at radius 2 is 1.88 bits per heavy atom. The van der Waals surface area contributed by atoms with Crippen molar-refractivity contribution in [2.24, 2.45) is 0 Å². The van der Waals surface area contributed by atoms with Crippen LogP contribution in [0.25, 0.3) is 11.1 Å². The van der Waals surface area contributed by atoms with Gasteiger partial charge in [0.2, 0.25) is 0 Å². The van der Waals surface area contributed by atoms with Crippen LogP contribution in [0.4, 0.5) is 5.69 Å². The fourth-order valence-corrected chi connectivity index (χ4v) is 3.92. The van der Waals surface area contributed by atoms with Crippen molar-refractivity contribution in [1.82, 2.24) is 0 Å². The summed E-state index contributed by atoms with van der Waals surface area (Å²) in [6.07, 6.45) is 3.17. The molecule has 3 rings (SSSR count). The highest BCUT2D eigenvalue weighted by molar-refractivity contribution is 7.90. The molecule has 1 heterocycles. The maximum Gasteiger partial charge on any atom is 0.182 e. The number of sulfone groups is 1. The van der Waals surface area contributed by atoms with Crippen LogP contribution in [-0.2, 0) is 15.6 Å². The maximum absolute atomic E-state index is 12.6. The number of hydrogen-bond acceptors (Lipinski definition) is 5. The molecular formula is C19H16N2O3S. The second kappa shape index (κ2) is 7.24. The molecule has 0 saturated heterocycles. The highest BCUT2D eigenvalue weighted by Crippen LogP contribution is 2.30. The van der Waals surface area contributed by atoms with Crippen LogP contribution < -0.4 is 5.32 Å². The minimum absolute atomic E-state index is 0.107. The smallest absolute Gasteiger partial charge is 0.182 e. The van der Waals surface area contributed by atoms with Crippen LogP contribution in [0.15, 0.2) is 76.4 Å². The van der Waals surface area contributed by atoms with Gasteiger partial charge in [0, 0.05) is 16.8 Å². The molecule has 0 aliphatic rings. The van der Waals surface area contributed by atoms with Gasteiger partial charge in [-0.1, -0.05) is 30.3 Å². The lowest BCUT2D eigenvalue weighted by Gasteiger charge is -2.12. The Morgan fingerprint density at radius 1 is 1.08 bits per heavy atom. The number of rotatable bonds is 6. The zero-order chi connectivity index (χ0) is 17.7. The highest BCUT2D eigenvalue weighted by atomic mass is 32.2. The van der Waals surface area contributed by atoms with E-state index in [1.54, 1.807) is 55.0 Å². The average molecular weight is 352 g/mol. The molecule has 0 bridgehead atoms. The van der Waals surface area contributed by atoms with Gasteiger partial charge in [0.15, 0.2) is 9.84 Å². The Bertz CT molecular complexity index is 989. The Kier molecular flexibility index (Phi) is 4.87. The van der Waals surface area contributed by atoms with E-state index in [9.17, 15) is 8.42 Å². The summed E-state index contributed by atoms with van der Waals surface area (Å²) in [5.41, 5.74) is 3.06. The molecule has 2 aromatic carbocycles. The number of nitrogens with one attached hydrogen (secondary N) is 1. The Morgan fingerprint density at radius 3 is 2.56 bits per heavy atom. The summed E-state index contributed by atoms with van der Waals surface area (Å²) < 4.78 is 30.2. The quantitative estimate of drug-likeness (QED) is 0.681. The van der Waals surface area contributed by atoms with E-state index in [0.29, 0.717) is 16.1 Å². The van der Waals surface area contributed by atoms with Crippen LogP contribution in [0, 0.1) is 11.3 Å². The Hall–Kier alpha value is -3.04. The normalized spacial score (nSPS) is 11.0. The number of nitrogens with zero attached hydrogens (tertiary/aromatic N) is 1. The summed E-state index contributed by atoms with van der Waals surface area (Å²) in [5, 5.41) is 11.8. The van der Waals surface area contributed by atoms with Gasteiger partial charge in [-0.05, 0) is 29.8 Å². The molecule has 0 aliphatic carbocycles. The van der Waals surface area contributed by atoms with E-state index < -0.39 is 9.84 Å². The largest absolute Gasteiger partial charge is 0.472 e. The third kappa shape index (κ3) is 3.90. The SMILES string of the molecule is N#CCNc1cc(CS(=O)(=O)c2ccccc2)ccc1-c1ccoc1. The van der Waals surface area contributed by atoms with E-state index in [1.807, 2.05) is 18.2 Å². The zero-order valence-corrected chi connectivity index (χ0v) is 14.2. The molecule has 0 amide bonds. The molecule has 5 nitrogen and oxygen atoms in total. The van der Waals surface area contributed by atoms with E-state index in [4.69, 9.17) is 9.68 Å². The summed E-state index contributed by atoms with van der Waals surface area (Å²) in [6.45, 7) is 0.125. The lowest BCUT2D eigenvalue weighted by atomic mass is 10.0. The van der Waals surface area contributed by atoms with Crippen LogP contribution in [0.5, 0.6) is 0 Å². The topological polar surface area (TPSA) is 83.1 Å². The molecule has 6 heteroatoms. The molecule has 0 saturated carbocycles. The van der Waals surface area contributed by atoms with Crippen molar-refractivity contribution in [2.45, 2.75) is 10.6 Å². The van der Waals surface area contributed by atoms with E-state index in [2.05, 4.69) is 5.32 Å². The first-order valence-corrected chi connectivity index (χ1v) is 9.29. The van der Waals surface area contributed by atoms with Gasteiger partial charge in [-0.2, -0.15) is 5.26 Å². The fourth-order valence-electron chi connectivity index (χ4n) is 2.56.